The SMILES string of the molecule is CC(O)CCN(C)c1cnc(N)cn1. The lowest BCUT2D eigenvalue weighted by Crippen LogP contribution is -2.22. The molecular weight excluding hydrogens is 180 g/mol. The highest BCUT2D eigenvalue weighted by atomic mass is 16.3. The molecule has 3 N–H and O–H groups in total. The maximum Gasteiger partial charge on any atom is 0.146 e. The lowest BCUT2D eigenvalue weighted by atomic mass is 10.3. The van der Waals surface area contributed by atoms with Gasteiger partial charge in [0.05, 0.1) is 18.5 Å². The lowest BCUT2D eigenvalue weighted by Gasteiger charge is -2.18. The molecule has 1 heterocycles. The molecule has 0 spiro atoms. The molecule has 0 saturated carbocycles. The van der Waals surface area contributed by atoms with Crippen molar-refractivity contribution in [1.82, 2.24) is 9.97 Å². The van der Waals surface area contributed by atoms with Crippen LogP contribution in [0.4, 0.5) is 11.6 Å². The van der Waals surface area contributed by atoms with Crippen molar-refractivity contribution in [2.24, 2.45) is 0 Å². The Balaban J connectivity index is 2.52. The van der Waals surface area contributed by atoms with Gasteiger partial charge in [0.1, 0.15) is 11.6 Å². The van der Waals surface area contributed by atoms with Crippen molar-refractivity contribution in [3.05, 3.63) is 12.4 Å². The average Bonchev–Trinajstić information content (AvgIpc) is 2.15. The summed E-state index contributed by atoms with van der Waals surface area (Å²) in [5, 5.41) is 9.11. The summed E-state index contributed by atoms with van der Waals surface area (Å²) in [7, 11) is 1.91. The fourth-order valence-corrected chi connectivity index (χ4v) is 1.02. The van der Waals surface area contributed by atoms with Gasteiger partial charge in [-0.25, -0.2) is 9.97 Å². The van der Waals surface area contributed by atoms with E-state index >= 15 is 0 Å². The highest BCUT2D eigenvalue weighted by molar-refractivity contribution is 5.38. The van der Waals surface area contributed by atoms with Crippen LogP contribution in [0.3, 0.4) is 0 Å². The molecule has 1 rings (SSSR count). The number of hydrogen-bond donors (Lipinski definition) is 2. The Morgan fingerprint density at radius 1 is 1.50 bits per heavy atom. The number of nitrogen functional groups attached to an aromatic ring is 1. The molecule has 1 atom stereocenters. The minimum atomic E-state index is -0.292. The normalized spacial score (nSPS) is 12.5. The zero-order chi connectivity index (χ0) is 10.6. The first kappa shape index (κ1) is 10.7. The van der Waals surface area contributed by atoms with Gasteiger partial charge >= 0.3 is 0 Å². The summed E-state index contributed by atoms with van der Waals surface area (Å²) in [6.45, 7) is 2.51. The van der Waals surface area contributed by atoms with Crippen molar-refractivity contribution in [3.63, 3.8) is 0 Å². The monoisotopic (exact) mass is 196 g/mol. The molecule has 1 aromatic rings. The predicted molar refractivity (Wildman–Crippen MR) is 56.0 cm³/mol. The fourth-order valence-electron chi connectivity index (χ4n) is 1.02. The van der Waals surface area contributed by atoms with Crippen LogP contribution < -0.4 is 10.6 Å². The molecule has 0 aliphatic carbocycles. The third-order valence-electron chi connectivity index (χ3n) is 1.93. The van der Waals surface area contributed by atoms with Crippen LogP contribution in [-0.4, -0.2) is 34.8 Å². The summed E-state index contributed by atoms with van der Waals surface area (Å²) in [5.41, 5.74) is 5.42. The van der Waals surface area contributed by atoms with E-state index in [9.17, 15) is 0 Å². The van der Waals surface area contributed by atoms with E-state index in [1.54, 1.807) is 13.1 Å². The minimum Gasteiger partial charge on any atom is -0.393 e. The van der Waals surface area contributed by atoms with E-state index in [-0.39, 0.29) is 6.10 Å². The number of hydrogen-bond acceptors (Lipinski definition) is 5. The zero-order valence-electron chi connectivity index (χ0n) is 8.51. The number of anilines is 2. The standard InChI is InChI=1S/C9H16N4O/c1-7(14)3-4-13(2)9-6-11-8(10)5-12-9/h5-7,14H,3-4H2,1-2H3,(H2,10,11). The first-order valence-corrected chi connectivity index (χ1v) is 4.56. The molecular formula is C9H16N4O. The van der Waals surface area contributed by atoms with Crippen molar-refractivity contribution in [1.29, 1.82) is 0 Å². The molecule has 0 saturated heterocycles. The van der Waals surface area contributed by atoms with Gasteiger partial charge in [-0.1, -0.05) is 0 Å². The Morgan fingerprint density at radius 3 is 2.71 bits per heavy atom. The number of rotatable bonds is 4. The summed E-state index contributed by atoms with van der Waals surface area (Å²) >= 11 is 0. The molecule has 1 unspecified atom stereocenters. The van der Waals surface area contributed by atoms with Crippen molar-refractivity contribution >= 4 is 11.6 Å². The van der Waals surface area contributed by atoms with Gasteiger partial charge in [-0.3, -0.25) is 0 Å². The van der Waals surface area contributed by atoms with E-state index in [1.807, 2.05) is 11.9 Å². The van der Waals surface area contributed by atoms with Crippen LogP contribution in [0.1, 0.15) is 13.3 Å². The molecule has 14 heavy (non-hydrogen) atoms. The fraction of sp³-hybridized carbons (Fsp3) is 0.556. The van der Waals surface area contributed by atoms with Crippen molar-refractivity contribution in [3.8, 4) is 0 Å². The molecule has 0 bridgehead atoms. The number of nitrogens with zero attached hydrogens (tertiary/aromatic N) is 3. The number of aliphatic hydroxyl groups is 1. The number of nitrogens with two attached hydrogens (primary N) is 1. The molecule has 0 radical (unpaired) electrons. The summed E-state index contributed by atoms with van der Waals surface area (Å²) in [6, 6.07) is 0. The quantitative estimate of drug-likeness (QED) is 0.722. The zero-order valence-corrected chi connectivity index (χ0v) is 8.51. The summed E-state index contributed by atoms with van der Waals surface area (Å²) in [6.07, 6.45) is 3.56. The molecule has 78 valence electrons. The largest absolute Gasteiger partial charge is 0.393 e. The second kappa shape index (κ2) is 4.76. The Bertz CT molecular complexity index is 273. The predicted octanol–water partition coefficient (Wildman–Crippen LogP) is 0.266. The van der Waals surface area contributed by atoms with Gasteiger partial charge in [-0.15, -0.1) is 0 Å². The van der Waals surface area contributed by atoms with Crippen LogP contribution in [0.5, 0.6) is 0 Å². The Hall–Kier alpha value is -1.36. The van der Waals surface area contributed by atoms with Gasteiger partial charge < -0.3 is 15.7 Å². The average molecular weight is 196 g/mol. The van der Waals surface area contributed by atoms with E-state index in [4.69, 9.17) is 10.8 Å². The van der Waals surface area contributed by atoms with Gasteiger partial charge in [-0.2, -0.15) is 0 Å². The molecule has 0 aromatic carbocycles. The van der Waals surface area contributed by atoms with Crippen LogP contribution in [0.25, 0.3) is 0 Å². The van der Waals surface area contributed by atoms with Gasteiger partial charge in [0, 0.05) is 13.6 Å². The van der Waals surface area contributed by atoms with Crippen LogP contribution in [0.2, 0.25) is 0 Å². The first-order chi connectivity index (χ1) is 6.59. The van der Waals surface area contributed by atoms with E-state index in [0.29, 0.717) is 12.2 Å². The highest BCUT2D eigenvalue weighted by Crippen LogP contribution is 2.08. The molecule has 5 heteroatoms. The van der Waals surface area contributed by atoms with E-state index < -0.39 is 0 Å². The third-order valence-corrected chi connectivity index (χ3v) is 1.93. The summed E-state index contributed by atoms with van der Waals surface area (Å²) < 4.78 is 0. The molecule has 0 fully saturated rings. The Morgan fingerprint density at radius 2 is 2.21 bits per heavy atom. The van der Waals surface area contributed by atoms with Crippen LogP contribution in [0, 0.1) is 0 Å². The highest BCUT2D eigenvalue weighted by Gasteiger charge is 2.04. The lowest BCUT2D eigenvalue weighted by molar-refractivity contribution is 0.187. The van der Waals surface area contributed by atoms with Crippen LogP contribution >= 0.6 is 0 Å². The second-order valence-corrected chi connectivity index (χ2v) is 3.36. The van der Waals surface area contributed by atoms with Crippen molar-refractivity contribution < 1.29 is 5.11 Å². The van der Waals surface area contributed by atoms with Gasteiger partial charge in [0.2, 0.25) is 0 Å². The molecule has 0 amide bonds. The topological polar surface area (TPSA) is 75.3 Å². The Kier molecular flexibility index (Phi) is 3.64. The smallest absolute Gasteiger partial charge is 0.146 e. The van der Waals surface area contributed by atoms with E-state index in [1.165, 1.54) is 6.20 Å². The number of aromatic nitrogens is 2. The van der Waals surface area contributed by atoms with E-state index in [2.05, 4.69) is 9.97 Å². The van der Waals surface area contributed by atoms with Gasteiger partial charge in [0.15, 0.2) is 0 Å². The Labute approximate surface area is 83.6 Å². The first-order valence-electron chi connectivity index (χ1n) is 4.56. The maximum absolute atomic E-state index is 9.11. The molecule has 5 nitrogen and oxygen atoms in total. The maximum atomic E-state index is 9.11. The summed E-state index contributed by atoms with van der Waals surface area (Å²) in [4.78, 5) is 9.98. The molecule has 0 aliphatic rings. The molecule has 1 aromatic heterocycles. The second-order valence-electron chi connectivity index (χ2n) is 3.36. The van der Waals surface area contributed by atoms with Crippen LogP contribution in [0.15, 0.2) is 12.4 Å². The van der Waals surface area contributed by atoms with Crippen molar-refractivity contribution in [2.75, 3.05) is 24.2 Å². The van der Waals surface area contributed by atoms with E-state index in [0.717, 1.165) is 12.4 Å². The minimum absolute atomic E-state index is 0.292. The van der Waals surface area contributed by atoms with Crippen molar-refractivity contribution in [2.45, 2.75) is 19.4 Å². The van der Waals surface area contributed by atoms with Gasteiger partial charge in [0.25, 0.3) is 0 Å². The molecule has 0 aliphatic heterocycles. The third kappa shape index (κ3) is 3.18. The van der Waals surface area contributed by atoms with Crippen LogP contribution in [-0.2, 0) is 0 Å². The van der Waals surface area contributed by atoms with Gasteiger partial charge in [-0.05, 0) is 13.3 Å². The number of aliphatic hydroxyl groups excluding tert-OH is 1. The summed E-state index contributed by atoms with van der Waals surface area (Å²) in [5.74, 6) is 1.18.